The molecule has 1 fully saturated rings. The lowest BCUT2D eigenvalue weighted by Crippen LogP contribution is -2.69. The molecule has 2 atom stereocenters. The highest BCUT2D eigenvalue weighted by Gasteiger charge is 2.49. The summed E-state index contributed by atoms with van der Waals surface area (Å²) in [5.74, 6) is -1.20. The molecule has 0 spiro atoms. The predicted octanol–water partition coefficient (Wildman–Crippen LogP) is -0.297. The van der Waals surface area contributed by atoms with Crippen molar-refractivity contribution in [3.05, 3.63) is 53.5 Å². The van der Waals surface area contributed by atoms with Gasteiger partial charge in [0.2, 0.25) is 5.91 Å². The number of carboxylic acids is 1. The van der Waals surface area contributed by atoms with Crippen molar-refractivity contribution in [2.45, 2.75) is 24.9 Å². The lowest BCUT2D eigenvalue weighted by atomic mass is 10.0. The Morgan fingerprint density at radius 3 is 2.79 bits per heavy atom. The van der Waals surface area contributed by atoms with Crippen LogP contribution in [0.4, 0.5) is 0 Å². The average Bonchev–Trinajstić information content (AvgIpc) is 2.55. The minimum Gasteiger partial charge on any atom is -0.543 e. The van der Waals surface area contributed by atoms with Crippen LogP contribution in [-0.4, -0.2) is 33.9 Å². The van der Waals surface area contributed by atoms with Gasteiger partial charge in [-0.2, -0.15) is 0 Å². The summed E-state index contributed by atoms with van der Waals surface area (Å²) in [6, 6.07) is 3.38. The molecule has 2 aliphatic heterocycles. The van der Waals surface area contributed by atoms with Gasteiger partial charge in [0, 0.05) is 17.9 Å². The zero-order chi connectivity index (χ0) is 16.6. The largest absolute Gasteiger partial charge is 0.543 e. The predicted molar refractivity (Wildman–Crippen MR) is 99.0 cm³/mol. The van der Waals surface area contributed by atoms with Gasteiger partial charge in [-0.1, -0.05) is 6.08 Å². The number of hydrogen-bond acceptors (Lipinski definition) is 5. The number of β-lactam (4-membered cyclic amide) rings is 1. The maximum Gasteiger partial charge on any atom is 0.248 e. The van der Waals surface area contributed by atoms with Crippen LogP contribution in [0.25, 0.3) is 0 Å². The van der Waals surface area contributed by atoms with Crippen molar-refractivity contribution in [2.24, 2.45) is 5.73 Å². The van der Waals surface area contributed by atoms with E-state index in [2.05, 4.69) is 0 Å². The Hall–Kier alpha value is -1.39. The highest BCUT2D eigenvalue weighted by molar-refractivity contribution is 14.0. The third-order valence-corrected chi connectivity index (χ3v) is 5.25. The molecule has 1 aromatic rings. The molecule has 2 N–H and O–H groups in total. The van der Waals surface area contributed by atoms with Gasteiger partial charge in [-0.05, 0) is 24.1 Å². The molecule has 1 aromatic heterocycles. The number of carboxylic acid groups (broad SMARTS) is 1. The Bertz CT molecular complexity index is 718. The maximum absolute atomic E-state index is 11.8. The van der Waals surface area contributed by atoms with Crippen molar-refractivity contribution in [1.82, 2.24) is 4.90 Å². The molecule has 0 bridgehead atoms. The summed E-state index contributed by atoms with van der Waals surface area (Å²) >= 11 is 1.48. The third-order valence-electron chi connectivity index (χ3n) is 3.93. The summed E-state index contributed by atoms with van der Waals surface area (Å²) in [7, 11) is 0. The Morgan fingerprint density at radius 1 is 1.50 bits per heavy atom. The van der Waals surface area contributed by atoms with Crippen LogP contribution in [0, 0.1) is 6.92 Å². The Labute approximate surface area is 161 Å². The SMILES string of the molecule is Cc1cc[n+](C/C=C/C2=C(C(=O)[O-])N3C(=O)[C@@H](N)[C@H]3SC2)cc1.I. The standard InChI is InChI=1S/C16H17N3O3S.HI/c1-10-4-7-18(8-5-10)6-2-3-11-9-23-15-12(17)14(20)19(15)13(11)16(21)22;/h2-5,7-8,12,15H,6,9,17H2,1H3;1H/b3-2+;/t12-,15-;/m1./s1. The zero-order valence-electron chi connectivity index (χ0n) is 13.0. The number of allylic oxidation sites excluding steroid dienone is 2. The van der Waals surface area contributed by atoms with Gasteiger partial charge in [0.05, 0.1) is 11.7 Å². The quantitative estimate of drug-likeness (QED) is 0.380. The van der Waals surface area contributed by atoms with Gasteiger partial charge in [-0.15, -0.1) is 35.7 Å². The smallest absolute Gasteiger partial charge is 0.248 e. The molecule has 3 rings (SSSR count). The molecule has 0 radical (unpaired) electrons. The fraction of sp³-hybridized carbons (Fsp3) is 0.312. The summed E-state index contributed by atoms with van der Waals surface area (Å²) in [6.07, 6.45) is 7.53. The minimum absolute atomic E-state index is 0. The fourth-order valence-electron chi connectivity index (χ4n) is 2.63. The van der Waals surface area contributed by atoms with E-state index in [9.17, 15) is 14.7 Å². The van der Waals surface area contributed by atoms with Crippen LogP contribution in [0.5, 0.6) is 0 Å². The molecular weight excluding hydrogens is 441 g/mol. The number of pyridine rings is 1. The van der Waals surface area contributed by atoms with Gasteiger partial charge in [-0.25, -0.2) is 4.57 Å². The molecule has 2 aliphatic rings. The van der Waals surface area contributed by atoms with Crippen molar-refractivity contribution in [3.8, 4) is 0 Å². The average molecular weight is 459 g/mol. The summed E-state index contributed by atoms with van der Waals surface area (Å²) in [5, 5.41) is 11.1. The number of amides is 1. The van der Waals surface area contributed by atoms with Crippen LogP contribution in [0.2, 0.25) is 0 Å². The van der Waals surface area contributed by atoms with E-state index in [1.165, 1.54) is 22.2 Å². The molecule has 0 aliphatic carbocycles. The molecule has 1 amide bonds. The molecular formula is C16H18IN3O3S. The molecule has 128 valence electrons. The molecule has 0 aromatic carbocycles. The number of carbonyl (C=O) groups excluding carboxylic acids is 2. The third kappa shape index (κ3) is 3.50. The van der Waals surface area contributed by atoms with Crippen LogP contribution in [0.3, 0.4) is 0 Å². The lowest BCUT2D eigenvalue weighted by molar-refractivity contribution is -0.687. The van der Waals surface area contributed by atoms with Crippen LogP contribution in [0.1, 0.15) is 5.56 Å². The van der Waals surface area contributed by atoms with E-state index in [0.29, 0.717) is 17.9 Å². The van der Waals surface area contributed by atoms with Crippen molar-refractivity contribution < 1.29 is 19.3 Å². The number of aromatic nitrogens is 1. The highest BCUT2D eigenvalue weighted by Crippen LogP contribution is 2.39. The normalized spacial score (nSPS) is 22.9. The molecule has 3 heterocycles. The molecule has 0 saturated carbocycles. The van der Waals surface area contributed by atoms with Crippen LogP contribution in [-0.2, 0) is 16.1 Å². The van der Waals surface area contributed by atoms with Gasteiger partial charge in [0.25, 0.3) is 0 Å². The van der Waals surface area contributed by atoms with E-state index in [0.717, 1.165) is 0 Å². The first-order valence-corrected chi connectivity index (χ1v) is 8.31. The van der Waals surface area contributed by atoms with Gasteiger partial charge >= 0.3 is 0 Å². The number of aryl methyl sites for hydroxylation is 1. The number of rotatable bonds is 4. The van der Waals surface area contributed by atoms with E-state index in [4.69, 9.17) is 5.73 Å². The topological polar surface area (TPSA) is 90.3 Å². The maximum atomic E-state index is 11.8. The minimum atomic E-state index is -1.34. The summed E-state index contributed by atoms with van der Waals surface area (Å²) < 4.78 is 1.98. The second-order valence-electron chi connectivity index (χ2n) is 5.57. The highest BCUT2D eigenvalue weighted by atomic mass is 127. The van der Waals surface area contributed by atoms with Gasteiger partial charge < -0.3 is 15.6 Å². The number of aliphatic carboxylic acids is 1. The number of fused-ring (bicyclic) bond motifs is 1. The van der Waals surface area contributed by atoms with E-state index in [-0.39, 0.29) is 41.0 Å². The van der Waals surface area contributed by atoms with Crippen LogP contribution in [0.15, 0.2) is 47.9 Å². The monoisotopic (exact) mass is 459 g/mol. The summed E-state index contributed by atoms with van der Waals surface area (Å²) in [5.41, 5.74) is 7.41. The molecule has 24 heavy (non-hydrogen) atoms. The zero-order valence-corrected chi connectivity index (χ0v) is 16.2. The summed E-state index contributed by atoms with van der Waals surface area (Å²) in [4.78, 5) is 24.5. The van der Waals surface area contributed by atoms with Crippen molar-refractivity contribution >= 4 is 47.6 Å². The number of hydrogen-bond donors (Lipinski definition) is 1. The Morgan fingerprint density at radius 2 is 2.17 bits per heavy atom. The summed E-state index contributed by atoms with van der Waals surface area (Å²) in [6.45, 7) is 2.63. The molecule has 8 heteroatoms. The number of nitrogens with zero attached hydrogens (tertiary/aromatic N) is 2. The van der Waals surface area contributed by atoms with E-state index < -0.39 is 12.0 Å². The van der Waals surface area contributed by atoms with Crippen molar-refractivity contribution in [2.75, 3.05) is 5.75 Å². The molecule has 6 nitrogen and oxygen atoms in total. The van der Waals surface area contributed by atoms with Gasteiger partial charge in [-0.3, -0.25) is 9.69 Å². The second kappa shape index (κ2) is 7.66. The van der Waals surface area contributed by atoms with Crippen molar-refractivity contribution in [3.63, 3.8) is 0 Å². The van der Waals surface area contributed by atoms with Crippen LogP contribution < -0.4 is 15.4 Å². The number of thioether (sulfide) groups is 1. The first kappa shape index (κ1) is 18.9. The fourth-order valence-corrected chi connectivity index (χ4v) is 3.89. The first-order chi connectivity index (χ1) is 11.0. The molecule has 1 saturated heterocycles. The molecule has 0 unspecified atom stereocenters. The number of nitrogens with two attached hydrogens (primary N) is 1. The Kier molecular flexibility index (Phi) is 6.05. The van der Waals surface area contributed by atoms with E-state index >= 15 is 0 Å². The van der Waals surface area contributed by atoms with Gasteiger partial charge in [0.15, 0.2) is 18.9 Å². The first-order valence-electron chi connectivity index (χ1n) is 7.26. The number of halogens is 1. The van der Waals surface area contributed by atoms with E-state index in [1.54, 1.807) is 6.08 Å². The van der Waals surface area contributed by atoms with Gasteiger partial charge in [0.1, 0.15) is 11.4 Å². The lowest BCUT2D eigenvalue weighted by Gasteiger charge is -2.49. The number of carbonyl (C=O) groups is 2. The van der Waals surface area contributed by atoms with Crippen LogP contribution >= 0.6 is 35.7 Å². The Balaban J connectivity index is 0.00000208. The van der Waals surface area contributed by atoms with Crippen molar-refractivity contribution in [1.29, 1.82) is 0 Å². The van der Waals surface area contributed by atoms with E-state index in [1.807, 2.05) is 42.1 Å². The second-order valence-corrected chi connectivity index (χ2v) is 6.68.